The van der Waals surface area contributed by atoms with Gasteiger partial charge in [0.15, 0.2) is 0 Å². The van der Waals surface area contributed by atoms with Gasteiger partial charge in [0.05, 0.1) is 0 Å². The van der Waals surface area contributed by atoms with Crippen molar-refractivity contribution in [2.24, 2.45) is 5.92 Å². The summed E-state index contributed by atoms with van der Waals surface area (Å²) in [6.07, 6.45) is 3.34. The summed E-state index contributed by atoms with van der Waals surface area (Å²) < 4.78 is 0. The van der Waals surface area contributed by atoms with Gasteiger partial charge in [-0.3, -0.25) is 4.79 Å². The summed E-state index contributed by atoms with van der Waals surface area (Å²) in [5, 5.41) is 9.25. The van der Waals surface area contributed by atoms with Crippen LogP contribution in [0.3, 0.4) is 0 Å². The molecule has 3 nitrogen and oxygen atoms in total. The molecule has 1 aromatic rings. The maximum Gasteiger partial charge on any atom is 0.227 e. The third-order valence-electron chi connectivity index (χ3n) is 3.85. The summed E-state index contributed by atoms with van der Waals surface area (Å²) in [4.78, 5) is 13.3. The Labute approximate surface area is 108 Å². The second-order valence-electron chi connectivity index (χ2n) is 5.08. The summed E-state index contributed by atoms with van der Waals surface area (Å²) in [6, 6.07) is 6.30. The molecule has 0 radical (unpaired) electrons. The Morgan fingerprint density at radius 1 is 1.39 bits per heavy atom. The smallest absolute Gasteiger partial charge is 0.227 e. The maximum absolute atomic E-state index is 11.6. The molecular formula is C15H21NO2. The van der Waals surface area contributed by atoms with Crippen LogP contribution in [0, 0.1) is 5.92 Å². The average molecular weight is 247 g/mol. The van der Waals surface area contributed by atoms with Gasteiger partial charge in [0.2, 0.25) is 5.91 Å². The van der Waals surface area contributed by atoms with Crippen molar-refractivity contribution in [3.8, 4) is 0 Å². The van der Waals surface area contributed by atoms with Crippen molar-refractivity contribution in [3.63, 3.8) is 0 Å². The van der Waals surface area contributed by atoms with Crippen LogP contribution in [0.2, 0.25) is 0 Å². The highest BCUT2D eigenvalue weighted by molar-refractivity contribution is 5.95. The molecule has 1 aromatic carbocycles. The number of hydrogen-bond donors (Lipinski definition) is 1. The lowest BCUT2D eigenvalue weighted by Crippen LogP contribution is -2.31. The Balaban J connectivity index is 2.20. The third-order valence-corrected chi connectivity index (χ3v) is 3.85. The molecule has 0 saturated carbocycles. The number of hydrogen-bond acceptors (Lipinski definition) is 2. The molecule has 1 unspecified atom stereocenters. The largest absolute Gasteiger partial charge is 0.396 e. The monoisotopic (exact) mass is 247 g/mol. The minimum atomic E-state index is 0.192. The van der Waals surface area contributed by atoms with Crippen LogP contribution >= 0.6 is 0 Å². The molecule has 1 aliphatic rings. The molecular weight excluding hydrogens is 226 g/mol. The minimum Gasteiger partial charge on any atom is -0.396 e. The van der Waals surface area contributed by atoms with Crippen molar-refractivity contribution in [1.82, 2.24) is 0 Å². The van der Waals surface area contributed by atoms with Gasteiger partial charge in [-0.1, -0.05) is 25.5 Å². The first-order valence-electron chi connectivity index (χ1n) is 6.65. The number of rotatable bonds is 4. The normalized spacial score (nSPS) is 16.6. The Kier molecular flexibility index (Phi) is 4.02. The van der Waals surface area contributed by atoms with Gasteiger partial charge in [0.1, 0.15) is 0 Å². The Morgan fingerprint density at radius 2 is 2.17 bits per heavy atom. The molecule has 0 saturated heterocycles. The zero-order chi connectivity index (χ0) is 13.1. The van der Waals surface area contributed by atoms with Gasteiger partial charge < -0.3 is 10.0 Å². The van der Waals surface area contributed by atoms with E-state index in [0.29, 0.717) is 12.3 Å². The molecule has 1 atom stereocenters. The molecule has 0 aromatic heterocycles. The highest BCUT2D eigenvalue weighted by Gasteiger charge is 2.20. The fourth-order valence-corrected chi connectivity index (χ4v) is 2.51. The molecule has 1 heterocycles. The van der Waals surface area contributed by atoms with Gasteiger partial charge in [0.25, 0.3) is 0 Å². The first-order valence-corrected chi connectivity index (χ1v) is 6.65. The topological polar surface area (TPSA) is 40.5 Å². The molecule has 1 N–H and O–H groups in total. The number of carbonyl (C=O) groups excluding carboxylic acids is 1. The van der Waals surface area contributed by atoms with Gasteiger partial charge in [-0.2, -0.15) is 0 Å². The first-order chi connectivity index (χ1) is 8.65. The van der Waals surface area contributed by atoms with E-state index in [9.17, 15) is 9.90 Å². The fraction of sp³-hybridized carbons (Fsp3) is 0.533. The summed E-state index contributed by atoms with van der Waals surface area (Å²) >= 11 is 0. The number of aryl methyl sites for hydroxylation is 1. The average Bonchev–Trinajstić information content (AvgIpc) is 2.40. The van der Waals surface area contributed by atoms with E-state index in [1.807, 2.05) is 13.1 Å². The van der Waals surface area contributed by atoms with Crippen LogP contribution in [0.25, 0.3) is 0 Å². The molecule has 1 aliphatic heterocycles. The van der Waals surface area contributed by atoms with Gasteiger partial charge in [-0.15, -0.1) is 0 Å². The van der Waals surface area contributed by atoms with Crippen molar-refractivity contribution >= 4 is 11.6 Å². The number of aliphatic hydroxyl groups excluding tert-OH is 1. The molecule has 0 fully saturated rings. The second-order valence-corrected chi connectivity index (χ2v) is 5.08. The summed E-state index contributed by atoms with van der Waals surface area (Å²) in [5.41, 5.74) is 3.55. The zero-order valence-electron chi connectivity index (χ0n) is 11.1. The van der Waals surface area contributed by atoms with E-state index < -0.39 is 0 Å². The number of anilines is 1. The van der Waals surface area contributed by atoms with Crippen LogP contribution in [-0.4, -0.2) is 24.7 Å². The standard InChI is InChI=1S/C15H21NO2/c1-3-11(10-17)8-12-4-6-14-13(9-12)5-7-15(18)16(14)2/h4,6,9,11,17H,3,5,7-8,10H2,1-2H3. The summed E-state index contributed by atoms with van der Waals surface area (Å²) in [5.74, 6) is 0.531. The van der Waals surface area contributed by atoms with Crippen molar-refractivity contribution in [1.29, 1.82) is 0 Å². The van der Waals surface area contributed by atoms with Crippen LogP contribution < -0.4 is 4.90 Å². The highest BCUT2D eigenvalue weighted by Crippen LogP contribution is 2.28. The molecule has 3 heteroatoms. The lowest BCUT2D eigenvalue weighted by atomic mass is 9.93. The van der Waals surface area contributed by atoms with Gasteiger partial charge in [0, 0.05) is 25.8 Å². The van der Waals surface area contributed by atoms with Gasteiger partial charge >= 0.3 is 0 Å². The minimum absolute atomic E-state index is 0.192. The quantitative estimate of drug-likeness (QED) is 0.885. The van der Waals surface area contributed by atoms with Gasteiger partial charge in [-0.05, 0) is 36.0 Å². The van der Waals surface area contributed by atoms with E-state index in [1.165, 1.54) is 11.1 Å². The van der Waals surface area contributed by atoms with Crippen LogP contribution in [0.5, 0.6) is 0 Å². The van der Waals surface area contributed by atoms with E-state index in [0.717, 1.165) is 24.9 Å². The number of carbonyl (C=O) groups is 1. The van der Waals surface area contributed by atoms with E-state index in [1.54, 1.807) is 4.90 Å². The van der Waals surface area contributed by atoms with E-state index in [-0.39, 0.29) is 12.5 Å². The molecule has 2 rings (SSSR count). The second kappa shape index (κ2) is 5.53. The van der Waals surface area contributed by atoms with E-state index in [4.69, 9.17) is 0 Å². The number of fused-ring (bicyclic) bond motifs is 1. The molecule has 98 valence electrons. The molecule has 0 spiro atoms. The van der Waals surface area contributed by atoms with Crippen molar-refractivity contribution < 1.29 is 9.90 Å². The molecule has 1 amide bonds. The Hall–Kier alpha value is -1.35. The van der Waals surface area contributed by atoms with E-state index >= 15 is 0 Å². The molecule has 18 heavy (non-hydrogen) atoms. The SMILES string of the molecule is CCC(CO)Cc1ccc2c(c1)CCC(=O)N2C. The zero-order valence-corrected chi connectivity index (χ0v) is 11.1. The van der Waals surface area contributed by atoms with Crippen LogP contribution in [0.1, 0.15) is 30.9 Å². The van der Waals surface area contributed by atoms with Crippen molar-refractivity contribution in [2.75, 3.05) is 18.6 Å². The fourth-order valence-electron chi connectivity index (χ4n) is 2.51. The van der Waals surface area contributed by atoms with Crippen LogP contribution in [0.4, 0.5) is 5.69 Å². The summed E-state index contributed by atoms with van der Waals surface area (Å²) in [6.45, 7) is 2.34. The highest BCUT2D eigenvalue weighted by atomic mass is 16.3. The Bertz CT molecular complexity index is 438. The maximum atomic E-state index is 11.6. The van der Waals surface area contributed by atoms with Crippen molar-refractivity contribution in [3.05, 3.63) is 29.3 Å². The summed E-state index contributed by atoms with van der Waals surface area (Å²) in [7, 11) is 1.84. The Morgan fingerprint density at radius 3 is 2.83 bits per heavy atom. The predicted octanol–water partition coefficient (Wildman–Crippen LogP) is 2.16. The van der Waals surface area contributed by atoms with E-state index in [2.05, 4.69) is 19.1 Å². The van der Waals surface area contributed by atoms with Crippen LogP contribution in [-0.2, 0) is 17.6 Å². The number of aliphatic hydroxyl groups is 1. The number of benzene rings is 1. The number of amides is 1. The molecule has 0 aliphatic carbocycles. The molecule has 0 bridgehead atoms. The lowest BCUT2D eigenvalue weighted by molar-refractivity contribution is -0.118. The van der Waals surface area contributed by atoms with Gasteiger partial charge in [-0.25, -0.2) is 0 Å². The van der Waals surface area contributed by atoms with Crippen molar-refractivity contribution in [2.45, 2.75) is 32.6 Å². The lowest BCUT2D eigenvalue weighted by Gasteiger charge is -2.26. The third kappa shape index (κ3) is 2.56. The number of nitrogens with zero attached hydrogens (tertiary/aromatic N) is 1. The first kappa shape index (κ1) is 13.1. The van der Waals surface area contributed by atoms with Crippen LogP contribution in [0.15, 0.2) is 18.2 Å². The predicted molar refractivity (Wildman–Crippen MR) is 72.7 cm³/mol.